The summed E-state index contributed by atoms with van der Waals surface area (Å²) in [5, 5.41) is 3.54. The molecule has 0 bridgehead atoms. The van der Waals surface area contributed by atoms with Crippen LogP contribution < -0.4 is 5.32 Å². The van der Waals surface area contributed by atoms with E-state index in [4.69, 9.17) is 0 Å². The highest BCUT2D eigenvalue weighted by molar-refractivity contribution is 7.99. The summed E-state index contributed by atoms with van der Waals surface area (Å²) in [6.45, 7) is 1.26. The van der Waals surface area contributed by atoms with Gasteiger partial charge in [0.15, 0.2) is 0 Å². The molecular weight excluding hydrogens is 130 g/mol. The van der Waals surface area contributed by atoms with E-state index in [0.29, 0.717) is 5.54 Å². The summed E-state index contributed by atoms with van der Waals surface area (Å²) in [7, 11) is 0. The molecule has 2 aliphatic heterocycles. The lowest BCUT2D eigenvalue weighted by Gasteiger charge is -2.45. The highest BCUT2D eigenvalue weighted by Gasteiger charge is 2.37. The standard InChI is InChI=1S/C7H13NS/c1-2-7(3-4-8-7)6-9-5-1/h8H,1-6H2. The van der Waals surface area contributed by atoms with Crippen molar-refractivity contribution >= 4 is 11.8 Å². The van der Waals surface area contributed by atoms with Gasteiger partial charge in [-0.15, -0.1) is 0 Å². The van der Waals surface area contributed by atoms with Gasteiger partial charge in [0, 0.05) is 11.3 Å². The van der Waals surface area contributed by atoms with Gasteiger partial charge < -0.3 is 5.32 Å². The van der Waals surface area contributed by atoms with Crippen LogP contribution in [0, 0.1) is 0 Å². The first kappa shape index (κ1) is 6.05. The lowest BCUT2D eigenvalue weighted by molar-refractivity contribution is 0.217. The quantitative estimate of drug-likeness (QED) is 0.547. The minimum atomic E-state index is 0.614. The summed E-state index contributed by atoms with van der Waals surface area (Å²) in [6, 6.07) is 0. The van der Waals surface area contributed by atoms with E-state index in [2.05, 4.69) is 17.1 Å². The van der Waals surface area contributed by atoms with E-state index in [-0.39, 0.29) is 0 Å². The molecule has 1 N–H and O–H groups in total. The smallest absolute Gasteiger partial charge is 0.0284 e. The molecule has 1 nitrogen and oxygen atoms in total. The fourth-order valence-corrected chi connectivity index (χ4v) is 2.94. The lowest BCUT2D eigenvalue weighted by Crippen LogP contribution is -2.59. The highest BCUT2D eigenvalue weighted by Crippen LogP contribution is 2.33. The second kappa shape index (κ2) is 2.17. The third-order valence-electron chi connectivity index (χ3n) is 2.43. The van der Waals surface area contributed by atoms with Gasteiger partial charge in [-0.25, -0.2) is 0 Å². The van der Waals surface area contributed by atoms with Crippen molar-refractivity contribution in [3.05, 3.63) is 0 Å². The van der Waals surface area contributed by atoms with Crippen molar-refractivity contribution in [2.75, 3.05) is 18.1 Å². The second-order valence-electron chi connectivity index (χ2n) is 3.11. The molecule has 0 radical (unpaired) electrons. The van der Waals surface area contributed by atoms with Gasteiger partial charge in [0.25, 0.3) is 0 Å². The van der Waals surface area contributed by atoms with Gasteiger partial charge in [-0.2, -0.15) is 11.8 Å². The molecule has 0 aromatic carbocycles. The van der Waals surface area contributed by atoms with E-state index in [1.54, 1.807) is 0 Å². The minimum absolute atomic E-state index is 0.614. The Hall–Kier alpha value is 0.310. The van der Waals surface area contributed by atoms with Gasteiger partial charge in [-0.3, -0.25) is 0 Å². The molecule has 0 amide bonds. The highest BCUT2D eigenvalue weighted by atomic mass is 32.2. The maximum absolute atomic E-state index is 3.54. The predicted molar refractivity (Wildman–Crippen MR) is 41.9 cm³/mol. The Morgan fingerprint density at radius 1 is 1.33 bits per heavy atom. The Morgan fingerprint density at radius 3 is 2.56 bits per heavy atom. The van der Waals surface area contributed by atoms with E-state index in [1.807, 2.05) is 0 Å². The molecule has 2 rings (SSSR count). The maximum Gasteiger partial charge on any atom is 0.0284 e. The molecule has 2 saturated heterocycles. The van der Waals surface area contributed by atoms with E-state index in [0.717, 1.165) is 0 Å². The molecule has 0 saturated carbocycles. The van der Waals surface area contributed by atoms with Crippen LogP contribution in [0.2, 0.25) is 0 Å². The third-order valence-corrected chi connectivity index (χ3v) is 3.76. The molecule has 0 aliphatic carbocycles. The van der Waals surface area contributed by atoms with Crippen molar-refractivity contribution in [1.29, 1.82) is 0 Å². The first-order chi connectivity index (χ1) is 4.41. The van der Waals surface area contributed by atoms with Crippen LogP contribution in [0.15, 0.2) is 0 Å². The Morgan fingerprint density at radius 2 is 2.22 bits per heavy atom. The van der Waals surface area contributed by atoms with Crippen LogP contribution in [0.25, 0.3) is 0 Å². The second-order valence-corrected chi connectivity index (χ2v) is 4.22. The normalized spacial score (nSPS) is 42.7. The first-order valence-corrected chi connectivity index (χ1v) is 4.90. The molecule has 9 heavy (non-hydrogen) atoms. The summed E-state index contributed by atoms with van der Waals surface area (Å²) >= 11 is 2.12. The van der Waals surface area contributed by atoms with Crippen LogP contribution in [-0.4, -0.2) is 23.6 Å². The van der Waals surface area contributed by atoms with Crippen LogP contribution >= 0.6 is 11.8 Å². The summed E-state index contributed by atoms with van der Waals surface area (Å²) in [5.41, 5.74) is 0.614. The van der Waals surface area contributed by atoms with Crippen LogP contribution in [0.3, 0.4) is 0 Å². The van der Waals surface area contributed by atoms with Gasteiger partial charge in [-0.1, -0.05) is 0 Å². The van der Waals surface area contributed by atoms with Crippen LogP contribution in [0.5, 0.6) is 0 Å². The van der Waals surface area contributed by atoms with Crippen molar-refractivity contribution in [2.24, 2.45) is 0 Å². The number of rotatable bonds is 0. The third kappa shape index (κ3) is 0.987. The average Bonchev–Trinajstić information content (AvgIpc) is 1.87. The first-order valence-electron chi connectivity index (χ1n) is 3.74. The van der Waals surface area contributed by atoms with Crippen molar-refractivity contribution in [2.45, 2.75) is 24.8 Å². The topological polar surface area (TPSA) is 12.0 Å². The number of hydrogen-bond acceptors (Lipinski definition) is 2. The Balaban J connectivity index is 1.93. The zero-order valence-corrected chi connectivity index (χ0v) is 6.47. The molecule has 0 aromatic heterocycles. The summed E-state index contributed by atoms with van der Waals surface area (Å²) < 4.78 is 0. The van der Waals surface area contributed by atoms with Gasteiger partial charge in [0.1, 0.15) is 0 Å². The summed E-state index contributed by atoms with van der Waals surface area (Å²) in [5.74, 6) is 2.76. The Bertz CT molecular complexity index is 101. The molecule has 1 spiro atoms. The summed E-state index contributed by atoms with van der Waals surface area (Å²) in [6.07, 6.45) is 4.29. The fraction of sp³-hybridized carbons (Fsp3) is 1.00. The van der Waals surface area contributed by atoms with Crippen molar-refractivity contribution < 1.29 is 0 Å². The van der Waals surface area contributed by atoms with Crippen LogP contribution in [0.1, 0.15) is 19.3 Å². The van der Waals surface area contributed by atoms with Crippen LogP contribution in [0.4, 0.5) is 0 Å². The number of thioether (sulfide) groups is 1. The fourth-order valence-electron chi connectivity index (χ4n) is 1.67. The van der Waals surface area contributed by atoms with Gasteiger partial charge >= 0.3 is 0 Å². The molecule has 2 heteroatoms. The van der Waals surface area contributed by atoms with Gasteiger partial charge in [0.05, 0.1) is 0 Å². The Kier molecular flexibility index (Phi) is 1.46. The predicted octanol–water partition coefficient (Wildman–Crippen LogP) is 1.25. The average molecular weight is 143 g/mol. The largest absolute Gasteiger partial charge is 0.310 e. The SMILES string of the molecule is C1CSCC2(C1)CCN2. The van der Waals surface area contributed by atoms with E-state index < -0.39 is 0 Å². The van der Waals surface area contributed by atoms with Gasteiger partial charge in [-0.05, 0) is 31.6 Å². The molecule has 1 atom stereocenters. The number of nitrogens with one attached hydrogen (secondary N) is 1. The zero-order chi connectivity index (χ0) is 6.16. The molecule has 2 fully saturated rings. The molecule has 52 valence electrons. The molecule has 2 aliphatic rings. The lowest BCUT2D eigenvalue weighted by atomic mass is 9.85. The van der Waals surface area contributed by atoms with Crippen LogP contribution in [-0.2, 0) is 0 Å². The molecule has 2 heterocycles. The zero-order valence-electron chi connectivity index (χ0n) is 5.65. The van der Waals surface area contributed by atoms with Gasteiger partial charge in [0.2, 0.25) is 0 Å². The Labute approximate surface area is 60.6 Å². The van der Waals surface area contributed by atoms with Crippen molar-refractivity contribution in [3.63, 3.8) is 0 Å². The molecule has 0 aromatic rings. The maximum atomic E-state index is 3.54. The van der Waals surface area contributed by atoms with Crippen molar-refractivity contribution in [1.82, 2.24) is 5.32 Å². The van der Waals surface area contributed by atoms with E-state index >= 15 is 0 Å². The minimum Gasteiger partial charge on any atom is -0.310 e. The monoisotopic (exact) mass is 143 g/mol. The molecule has 1 unspecified atom stereocenters. The summed E-state index contributed by atoms with van der Waals surface area (Å²) in [4.78, 5) is 0. The molecular formula is C7H13NS. The number of hydrogen-bond donors (Lipinski definition) is 1. The van der Waals surface area contributed by atoms with Crippen molar-refractivity contribution in [3.8, 4) is 0 Å². The van der Waals surface area contributed by atoms with E-state index in [1.165, 1.54) is 37.3 Å². The van der Waals surface area contributed by atoms with E-state index in [9.17, 15) is 0 Å².